The summed E-state index contributed by atoms with van der Waals surface area (Å²) in [4.78, 5) is 11.7. The van der Waals surface area contributed by atoms with Gasteiger partial charge in [0, 0.05) is 7.05 Å². The molecular weight excluding hydrogens is 214 g/mol. The van der Waals surface area contributed by atoms with Gasteiger partial charge in [-0.05, 0) is 20.9 Å². The molecule has 0 aliphatic carbocycles. The van der Waals surface area contributed by atoms with Crippen molar-refractivity contribution >= 4 is 17.4 Å². The summed E-state index contributed by atoms with van der Waals surface area (Å²) in [5.74, 6) is 0.113. The van der Waals surface area contributed by atoms with Gasteiger partial charge < -0.3 is 5.32 Å². The highest BCUT2D eigenvalue weighted by Gasteiger charge is 2.17. The Morgan fingerprint density at radius 3 is 2.67 bits per heavy atom. The first-order valence-corrected chi connectivity index (χ1v) is 5.23. The SMILES string of the molecule is CNC(C)C(=O)Cc1c(Cl)c(C)nn1C. The van der Waals surface area contributed by atoms with Crippen LogP contribution in [0.4, 0.5) is 0 Å². The molecule has 1 atom stereocenters. The number of nitrogens with zero attached hydrogens (tertiary/aromatic N) is 2. The number of carbonyl (C=O) groups is 1. The van der Waals surface area contributed by atoms with Crippen LogP contribution < -0.4 is 5.32 Å². The third-order valence-electron chi connectivity index (χ3n) is 2.52. The van der Waals surface area contributed by atoms with Gasteiger partial charge in [-0.25, -0.2) is 0 Å². The molecule has 1 aromatic heterocycles. The fraction of sp³-hybridized carbons (Fsp3) is 0.600. The minimum atomic E-state index is -0.156. The molecular formula is C10H16ClN3O. The Hall–Kier alpha value is -0.870. The lowest BCUT2D eigenvalue weighted by Crippen LogP contribution is -2.32. The molecule has 1 rings (SSSR count). The third-order valence-corrected chi connectivity index (χ3v) is 3.01. The number of hydrogen-bond acceptors (Lipinski definition) is 3. The number of aromatic nitrogens is 2. The summed E-state index contributed by atoms with van der Waals surface area (Å²) < 4.78 is 1.66. The van der Waals surface area contributed by atoms with Gasteiger partial charge in [0.25, 0.3) is 0 Å². The van der Waals surface area contributed by atoms with E-state index in [0.717, 1.165) is 11.4 Å². The molecule has 0 aromatic carbocycles. The lowest BCUT2D eigenvalue weighted by Gasteiger charge is -2.09. The van der Waals surface area contributed by atoms with Gasteiger partial charge in [0.2, 0.25) is 0 Å². The van der Waals surface area contributed by atoms with Crippen molar-refractivity contribution in [2.75, 3.05) is 7.05 Å². The van der Waals surface area contributed by atoms with Crippen LogP contribution in [0, 0.1) is 6.92 Å². The van der Waals surface area contributed by atoms with Gasteiger partial charge in [-0.1, -0.05) is 11.6 Å². The van der Waals surface area contributed by atoms with E-state index in [9.17, 15) is 4.79 Å². The van der Waals surface area contributed by atoms with Crippen molar-refractivity contribution in [1.82, 2.24) is 15.1 Å². The van der Waals surface area contributed by atoms with Gasteiger partial charge in [-0.15, -0.1) is 0 Å². The maximum absolute atomic E-state index is 11.7. The van der Waals surface area contributed by atoms with E-state index in [2.05, 4.69) is 10.4 Å². The van der Waals surface area contributed by atoms with Gasteiger partial charge in [-0.3, -0.25) is 9.48 Å². The van der Waals surface area contributed by atoms with Crippen LogP contribution in [-0.4, -0.2) is 28.7 Å². The van der Waals surface area contributed by atoms with E-state index >= 15 is 0 Å². The molecule has 0 radical (unpaired) electrons. The second-order valence-corrected chi connectivity index (χ2v) is 4.00. The molecule has 4 nitrogen and oxygen atoms in total. The van der Waals surface area contributed by atoms with Gasteiger partial charge in [0.15, 0.2) is 5.78 Å². The van der Waals surface area contributed by atoms with Gasteiger partial charge in [-0.2, -0.15) is 5.10 Å². The molecule has 1 N–H and O–H groups in total. The zero-order valence-electron chi connectivity index (χ0n) is 9.47. The Morgan fingerprint density at radius 1 is 1.67 bits per heavy atom. The average molecular weight is 230 g/mol. The number of ketones is 1. The van der Waals surface area contributed by atoms with E-state index < -0.39 is 0 Å². The molecule has 0 aliphatic heterocycles. The van der Waals surface area contributed by atoms with Crippen LogP contribution in [0.15, 0.2) is 0 Å². The first-order chi connectivity index (χ1) is 6.97. The van der Waals surface area contributed by atoms with Crippen molar-refractivity contribution in [3.8, 4) is 0 Å². The topological polar surface area (TPSA) is 46.9 Å². The fourth-order valence-corrected chi connectivity index (χ4v) is 1.58. The zero-order valence-corrected chi connectivity index (χ0v) is 10.2. The van der Waals surface area contributed by atoms with E-state index in [1.807, 2.05) is 13.8 Å². The molecule has 1 heterocycles. The normalized spacial score (nSPS) is 12.9. The molecule has 0 aliphatic rings. The van der Waals surface area contributed by atoms with Crippen LogP contribution in [0.1, 0.15) is 18.3 Å². The van der Waals surface area contributed by atoms with Gasteiger partial charge in [0.05, 0.1) is 28.9 Å². The minimum absolute atomic E-state index is 0.113. The van der Waals surface area contributed by atoms with Gasteiger partial charge in [0.1, 0.15) is 0 Å². The zero-order chi connectivity index (χ0) is 11.6. The van der Waals surface area contributed by atoms with Crippen LogP contribution in [0.2, 0.25) is 5.02 Å². The van der Waals surface area contributed by atoms with E-state index in [0.29, 0.717) is 11.4 Å². The first kappa shape index (κ1) is 12.2. The number of Topliss-reactive ketones (excluding diaryl/α,β-unsaturated/α-hetero) is 1. The summed E-state index contributed by atoms with van der Waals surface area (Å²) in [6.45, 7) is 3.66. The Bertz CT molecular complexity index is 373. The number of hydrogen-bond donors (Lipinski definition) is 1. The van der Waals surface area contributed by atoms with Gasteiger partial charge >= 0.3 is 0 Å². The Balaban J connectivity index is 2.85. The third kappa shape index (κ3) is 2.58. The Kier molecular flexibility index (Phi) is 3.88. The van der Waals surface area contributed by atoms with E-state index in [4.69, 9.17) is 11.6 Å². The lowest BCUT2D eigenvalue weighted by molar-refractivity contribution is -0.120. The highest BCUT2D eigenvalue weighted by Crippen LogP contribution is 2.20. The quantitative estimate of drug-likeness (QED) is 0.841. The highest BCUT2D eigenvalue weighted by molar-refractivity contribution is 6.32. The van der Waals surface area contributed by atoms with E-state index in [-0.39, 0.29) is 11.8 Å². The molecule has 0 fully saturated rings. The highest BCUT2D eigenvalue weighted by atomic mass is 35.5. The van der Waals surface area contributed by atoms with E-state index in [1.54, 1.807) is 18.8 Å². The Morgan fingerprint density at radius 2 is 2.27 bits per heavy atom. The van der Waals surface area contributed by atoms with E-state index in [1.165, 1.54) is 0 Å². The average Bonchev–Trinajstić information content (AvgIpc) is 2.43. The standard InChI is InChI=1S/C10H16ClN3O/c1-6(12-3)9(15)5-8-10(11)7(2)13-14(8)4/h6,12H,5H2,1-4H3. The number of carbonyl (C=O) groups excluding carboxylic acids is 1. The molecule has 0 saturated heterocycles. The summed E-state index contributed by atoms with van der Waals surface area (Å²) in [6.07, 6.45) is 0.318. The van der Waals surface area contributed by atoms with Crippen LogP contribution in [-0.2, 0) is 18.3 Å². The van der Waals surface area contributed by atoms with Crippen LogP contribution >= 0.6 is 11.6 Å². The summed E-state index contributed by atoms with van der Waals surface area (Å²) in [5, 5.41) is 7.66. The monoisotopic (exact) mass is 229 g/mol. The first-order valence-electron chi connectivity index (χ1n) is 4.85. The summed E-state index contributed by atoms with van der Waals surface area (Å²) in [5.41, 5.74) is 1.54. The lowest BCUT2D eigenvalue weighted by atomic mass is 10.1. The van der Waals surface area contributed by atoms with Crippen molar-refractivity contribution in [2.24, 2.45) is 7.05 Å². The molecule has 5 heteroatoms. The maximum Gasteiger partial charge on any atom is 0.155 e. The van der Waals surface area contributed by atoms with Crippen molar-refractivity contribution in [3.63, 3.8) is 0 Å². The smallest absolute Gasteiger partial charge is 0.155 e. The maximum atomic E-state index is 11.7. The molecule has 0 bridgehead atoms. The molecule has 15 heavy (non-hydrogen) atoms. The second kappa shape index (κ2) is 4.77. The summed E-state index contributed by atoms with van der Waals surface area (Å²) >= 11 is 6.05. The number of halogens is 1. The largest absolute Gasteiger partial charge is 0.311 e. The second-order valence-electron chi connectivity index (χ2n) is 3.62. The number of likely N-dealkylation sites (N-methyl/N-ethyl adjacent to an activating group) is 1. The number of nitrogens with one attached hydrogen (secondary N) is 1. The molecule has 84 valence electrons. The number of rotatable bonds is 4. The predicted molar refractivity (Wildman–Crippen MR) is 60.2 cm³/mol. The Labute approximate surface area is 94.6 Å². The molecule has 1 aromatic rings. The molecule has 0 spiro atoms. The van der Waals surface area contributed by atoms with Crippen molar-refractivity contribution in [1.29, 1.82) is 0 Å². The van der Waals surface area contributed by atoms with Crippen LogP contribution in [0.5, 0.6) is 0 Å². The number of aryl methyl sites for hydroxylation is 2. The molecule has 1 unspecified atom stereocenters. The minimum Gasteiger partial charge on any atom is -0.311 e. The van der Waals surface area contributed by atoms with Crippen LogP contribution in [0.25, 0.3) is 0 Å². The van der Waals surface area contributed by atoms with Crippen LogP contribution in [0.3, 0.4) is 0 Å². The molecule has 0 amide bonds. The fourth-order valence-electron chi connectivity index (χ4n) is 1.35. The predicted octanol–water partition coefficient (Wildman–Crippen LogP) is 1.10. The molecule has 0 saturated carbocycles. The van der Waals surface area contributed by atoms with Crippen molar-refractivity contribution in [2.45, 2.75) is 26.3 Å². The van der Waals surface area contributed by atoms with Crippen molar-refractivity contribution in [3.05, 3.63) is 16.4 Å². The summed E-state index contributed by atoms with van der Waals surface area (Å²) in [6, 6.07) is -0.156. The summed E-state index contributed by atoms with van der Waals surface area (Å²) in [7, 11) is 3.56. The van der Waals surface area contributed by atoms with Crippen molar-refractivity contribution < 1.29 is 4.79 Å².